The monoisotopic (exact) mass is 324 g/mol. The van der Waals surface area contributed by atoms with E-state index in [4.69, 9.17) is 0 Å². The van der Waals surface area contributed by atoms with Crippen molar-refractivity contribution >= 4 is 29.2 Å². The minimum Gasteiger partial charge on any atom is -0.872 e. The van der Waals surface area contributed by atoms with Crippen molar-refractivity contribution in [1.82, 2.24) is 0 Å². The first-order valence-electron chi connectivity index (χ1n) is 7.45. The molecule has 7 nitrogen and oxygen atoms in total. The van der Waals surface area contributed by atoms with Crippen molar-refractivity contribution < 1.29 is 14.8 Å². The molecule has 0 unspecified atom stereocenters. The van der Waals surface area contributed by atoms with Gasteiger partial charge in [0.1, 0.15) is 0 Å². The van der Waals surface area contributed by atoms with E-state index in [-0.39, 0.29) is 22.9 Å². The van der Waals surface area contributed by atoms with Crippen LogP contribution in [0.25, 0.3) is 0 Å². The molecule has 0 bridgehead atoms. The van der Waals surface area contributed by atoms with Crippen molar-refractivity contribution in [2.45, 2.75) is 12.8 Å². The Morgan fingerprint density at radius 2 is 2.00 bits per heavy atom. The van der Waals surface area contributed by atoms with Crippen molar-refractivity contribution in [3.8, 4) is 5.75 Å². The van der Waals surface area contributed by atoms with Crippen LogP contribution in [0.1, 0.15) is 18.4 Å². The van der Waals surface area contributed by atoms with Crippen molar-refractivity contribution in [2.24, 2.45) is 4.99 Å². The highest BCUT2D eigenvalue weighted by Gasteiger charge is 2.23. The van der Waals surface area contributed by atoms with Crippen molar-refractivity contribution in [1.29, 1.82) is 0 Å². The fraction of sp³-hybridized carbons (Fsp3) is 0.176. The molecule has 0 radical (unpaired) electrons. The highest BCUT2D eigenvalue weighted by atomic mass is 16.6. The minimum absolute atomic E-state index is 0.0394. The third-order valence-corrected chi connectivity index (χ3v) is 3.79. The Bertz CT molecular complexity index is 832. The Morgan fingerprint density at radius 3 is 2.71 bits per heavy atom. The van der Waals surface area contributed by atoms with Gasteiger partial charge in [-0.3, -0.25) is 19.9 Å². The fourth-order valence-corrected chi connectivity index (χ4v) is 2.59. The summed E-state index contributed by atoms with van der Waals surface area (Å²) in [6, 6.07) is 10.6. The van der Waals surface area contributed by atoms with E-state index < -0.39 is 4.92 Å². The first kappa shape index (κ1) is 15.7. The van der Waals surface area contributed by atoms with Crippen LogP contribution in [0, 0.1) is 10.1 Å². The Labute approximate surface area is 138 Å². The van der Waals surface area contributed by atoms with Crippen LogP contribution in [-0.4, -0.2) is 23.6 Å². The number of aliphatic imine (C=N–C) groups is 1. The summed E-state index contributed by atoms with van der Waals surface area (Å²) < 4.78 is 0. The summed E-state index contributed by atoms with van der Waals surface area (Å²) in [5, 5.41) is 22.6. The zero-order valence-corrected chi connectivity index (χ0v) is 12.7. The van der Waals surface area contributed by atoms with Gasteiger partial charge in [-0.15, -0.1) is 0 Å². The van der Waals surface area contributed by atoms with Gasteiger partial charge in [0.05, 0.1) is 16.3 Å². The van der Waals surface area contributed by atoms with E-state index in [9.17, 15) is 20.0 Å². The number of anilines is 1. The second-order valence-electron chi connectivity index (χ2n) is 5.38. The number of nitrogens with zero attached hydrogens (tertiary/aromatic N) is 3. The van der Waals surface area contributed by atoms with Crippen molar-refractivity contribution in [2.75, 3.05) is 11.4 Å². The number of amides is 1. The maximum Gasteiger partial charge on any atom is 0.270 e. The molecule has 122 valence electrons. The molecule has 0 atom stereocenters. The van der Waals surface area contributed by atoms with Gasteiger partial charge < -0.3 is 10.0 Å². The third kappa shape index (κ3) is 3.10. The lowest BCUT2D eigenvalue weighted by molar-refractivity contribution is -0.385. The van der Waals surface area contributed by atoms with E-state index in [2.05, 4.69) is 4.99 Å². The number of nitro groups is 1. The normalized spacial score (nSPS) is 14.5. The van der Waals surface area contributed by atoms with E-state index in [0.29, 0.717) is 24.3 Å². The van der Waals surface area contributed by atoms with Crippen LogP contribution in [0.4, 0.5) is 17.1 Å². The Hall–Kier alpha value is -3.22. The Morgan fingerprint density at radius 1 is 1.21 bits per heavy atom. The van der Waals surface area contributed by atoms with Crippen LogP contribution in [0.3, 0.4) is 0 Å². The predicted molar refractivity (Wildman–Crippen MR) is 87.8 cm³/mol. The zero-order chi connectivity index (χ0) is 17.1. The predicted octanol–water partition coefficient (Wildman–Crippen LogP) is 2.55. The number of para-hydroxylation sites is 2. The molecular formula is C17H14N3O4-. The van der Waals surface area contributed by atoms with E-state index >= 15 is 0 Å². The molecule has 2 aromatic rings. The number of benzene rings is 2. The molecule has 0 spiro atoms. The summed E-state index contributed by atoms with van der Waals surface area (Å²) in [7, 11) is 0. The summed E-state index contributed by atoms with van der Waals surface area (Å²) in [5.41, 5.74) is 1.18. The topological polar surface area (TPSA) is 98.9 Å². The number of hydrogen-bond donors (Lipinski definition) is 0. The largest absolute Gasteiger partial charge is 0.872 e. The highest BCUT2D eigenvalue weighted by Crippen LogP contribution is 2.31. The van der Waals surface area contributed by atoms with Gasteiger partial charge in [-0.1, -0.05) is 23.9 Å². The van der Waals surface area contributed by atoms with E-state index in [1.807, 2.05) is 6.07 Å². The van der Waals surface area contributed by atoms with Gasteiger partial charge in [0.2, 0.25) is 5.91 Å². The fourth-order valence-electron chi connectivity index (χ4n) is 2.59. The lowest BCUT2D eigenvalue weighted by atomic mass is 10.2. The molecule has 1 aliphatic rings. The van der Waals surface area contributed by atoms with E-state index in [1.54, 1.807) is 23.1 Å². The maximum atomic E-state index is 11.9. The van der Waals surface area contributed by atoms with Crippen LogP contribution in [0.15, 0.2) is 47.5 Å². The van der Waals surface area contributed by atoms with Crippen LogP contribution in [0.2, 0.25) is 0 Å². The molecule has 1 amide bonds. The molecule has 7 heteroatoms. The molecule has 3 rings (SSSR count). The lowest BCUT2D eigenvalue weighted by Crippen LogP contribution is -2.23. The van der Waals surface area contributed by atoms with Gasteiger partial charge in [0.25, 0.3) is 5.69 Å². The van der Waals surface area contributed by atoms with Crippen molar-refractivity contribution in [3.05, 3.63) is 58.1 Å². The van der Waals surface area contributed by atoms with Gasteiger partial charge in [-0.25, -0.2) is 0 Å². The van der Waals surface area contributed by atoms with E-state index in [1.165, 1.54) is 12.3 Å². The molecule has 1 saturated heterocycles. The quantitative estimate of drug-likeness (QED) is 0.490. The second-order valence-corrected chi connectivity index (χ2v) is 5.38. The van der Waals surface area contributed by atoms with Crippen LogP contribution >= 0.6 is 0 Å². The van der Waals surface area contributed by atoms with Gasteiger partial charge in [0.15, 0.2) is 0 Å². The number of carbonyl (C=O) groups excluding carboxylic acids is 1. The molecule has 1 aliphatic heterocycles. The zero-order valence-electron chi connectivity index (χ0n) is 12.7. The Kier molecular flexibility index (Phi) is 4.24. The van der Waals surface area contributed by atoms with Gasteiger partial charge >= 0.3 is 0 Å². The summed E-state index contributed by atoms with van der Waals surface area (Å²) in [6.45, 7) is 0.634. The number of hydrogen-bond acceptors (Lipinski definition) is 5. The summed E-state index contributed by atoms with van der Waals surface area (Å²) in [6.07, 6.45) is 2.61. The first-order chi connectivity index (χ1) is 11.6. The Balaban J connectivity index is 1.94. The molecule has 1 fully saturated rings. The number of nitro benzene ring substituents is 1. The summed E-state index contributed by atoms with van der Waals surface area (Å²) in [4.78, 5) is 28.1. The number of carbonyl (C=O) groups is 1. The van der Waals surface area contributed by atoms with Crippen molar-refractivity contribution in [3.63, 3.8) is 0 Å². The molecule has 0 saturated carbocycles. The molecule has 2 aromatic carbocycles. The van der Waals surface area contributed by atoms with Crippen LogP contribution in [-0.2, 0) is 4.79 Å². The molecule has 0 aliphatic carbocycles. The van der Waals surface area contributed by atoms with Crippen LogP contribution in [0.5, 0.6) is 5.75 Å². The molecule has 1 heterocycles. The molecule has 24 heavy (non-hydrogen) atoms. The molecule has 0 aromatic heterocycles. The van der Waals surface area contributed by atoms with E-state index in [0.717, 1.165) is 18.6 Å². The smallest absolute Gasteiger partial charge is 0.270 e. The van der Waals surface area contributed by atoms with Gasteiger partial charge in [0, 0.05) is 31.3 Å². The number of rotatable bonds is 4. The molecule has 0 N–H and O–H groups in total. The summed E-state index contributed by atoms with van der Waals surface area (Å²) >= 11 is 0. The third-order valence-electron chi connectivity index (χ3n) is 3.79. The standard InChI is InChI=1S/C17H15N3O4/c21-16-8-7-13(20(23)24)10-12(16)11-18-14-4-1-2-5-15(14)19-9-3-6-17(19)22/h1-2,4-5,7-8,10-11,21H,3,6,9H2/p-1. The van der Waals surface area contributed by atoms with Gasteiger partial charge in [-0.2, -0.15) is 0 Å². The average molecular weight is 324 g/mol. The SMILES string of the molecule is O=C1CCCN1c1ccccc1N=Cc1cc([N+](=O)[O-])ccc1[O-]. The lowest BCUT2D eigenvalue weighted by Gasteiger charge is -2.17. The average Bonchev–Trinajstić information content (AvgIpc) is 3.00. The second kappa shape index (κ2) is 6.49. The molecular weight excluding hydrogens is 310 g/mol. The van der Waals surface area contributed by atoms with Gasteiger partial charge in [-0.05, 0) is 24.1 Å². The number of non-ortho nitro benzene ring substituents is 1. The first-order valence-corrected chi connectivity index (χ1v) is 7.45. The van der Waals surface area contributed by atoms with Crippen LogP contribution < -0.4 is 10.0 Å². The highest BCUT2D eigenvalue weighted by molar-refractivity contribution is 5.99. The minimum atomic E-state index is -0.562. The maximum absolute atomic E-state index is 11.9. The summed E-state index contributed by atoms with van der Waals surface area (Å²) in [5.74, 6) is -0.309.